The molecule has 3 aromatic heterocycles. The van der Waals surface area contributed by atoms with Crippen molar-refractivity contribution in [2.75, 3.05) is 0 Å². The highest BCUT2D eigenvalue weighted by molar-refractivity contribution is 5.83. The van der Waals surface area contributed by atoms with Crippen molar-refractivity contribution in [1.29, 1.82) is 0 Å². The lowest BCUT2D eigenvalue weighted by Crippen LogP contribution is -2.47. The van der Waals surface area contributed by atoms with Crippen LogP contribution < -0.4 is 11.1 Å². The van der Waals surface area contributed by atoms with E-state index in [1.54, 1.807) is 23.4 Å². The maximum atomic E-state index is 12.6. The highest BCUT2D eigenvalue weighted by Gasteiger charge is 2.48. The predicted molar refractivity (Wildman–Crippen MR) is 98.2 cm³/mol. The molecule has 3 heterocycles. The third kappa shape index (κ3) is 3.45. The van der Waals surface area contributed by atoms with E-state index in [0.717, 1.165) is 35.5 Å². The zero-order valence-electron chi connectivity index (χ0n) is 15.3. The van der Waals surface area contributed by atoms with Gasteiger partial charge in [0.25, 0.3) is 0 Å². The number of aryl methyl sites for hydroxylation is 2. The predicted octanol–water partition coefficient (Wildman–Crippen LogP) is 0.286. The molecule has 9 heteroatoms. The van der Waals surface area contributed by atoms with Crippen LogP contribution in [-0.2, 0) is 30.8 Å². The number of amides is 1. The monoisotopic (exact) mass is 366 g/mol. The Kier molecular flexibility index (Phi) is 4.23. The van der Waals surface area contributed by atoms with E-state index in [0.29, 0.717) is 6.42 Å². The highest BCUT2D eigenvalue weighted by Crippen LogP contribution is 2.44. The molecule has 1 amide bonds. The van der Waals surface area contributed by atoms with Gasteiger partial charge in [-0.2, -0.15) is 15.3 Å². The van der Waals surface area contributed by atoms with Crippen molar-refractivity contribution >= 4 is 5.91 Å². The molecule has 0 unspecified atom stereocenters. The maximum Gasteiger partial charge on any atom is 0.238 e. The van der Waals surface area contributed by atoms with Gasteiger partial charge in [-0.25, -0.2) is 4.98 Å². The fraction of sp³-hybridized carbons (Fsp3) is 0.389. The number of nitrogens with one attached hydrogen (secondary N) is 1. The van der Waals surface area contributed by atoms with Crippen molar-refractivity contribution in [3.63, 3.8) is 0 Å². The molecule has 1 atom stereocenters. The van der Waals surface area contributed by atoms with E-state index < -0.39 is 11.6 Å². The lowest BCUT2D eigenvalue weighted by molar-refractivity contribution is -0.123. The second-order valence-electron chi connectivity index (χ2n) is 7.08. The van der Waals surface area contributed by atoms with Gasteiger partial charge in [-0.1, -0.05) is 0 Å². The standard InChI is InChI=1S/C18H22N8O/c1-25-11-20-9-13(25)7-14(19)17(27)22-18(5-6-18)16-4-3-15(23-24-16)12-8-21-26(2)10-12/h3-4,8-11,14H,5-7,19H2,1-2H3,(H,22,27)/t14-/m0/s1. The average Bonchev–Trinajstić information content (AvgIpc) is 3.13. The molecule has 3 N–H and O–H groups in total. The normalized spacial score (nSPS) is 16.1. The Bertz CT molecular complexity index is 954. The Hall–Kier alpha value is -3.07. The molecule has 0 spiro atoms. The fourth-order valence-corrected chi connectivity index (χ4v) is 3.09. The van der Waals surface area contributed by atoms with E-state index in [2.05, 4.69) is 25.6 Å². The van der Waals surface area contributed by atoms with E-state index >= 15 is 0 Å². The molecule has 1 fully saturated rings. The summed E-state index contributed by atoms with van der Waals surface area (Å²) in [6.45, 7) is 0. The smallest absolute Gasteiger partial charge is 0.238 e. The maximum absolute atomic E-state index is 12.6. The summed E-state index contributed by atoms with van der Waals surface area (Å²) in [5.41, 5.74) is 8.98. The van der Waals surface area contributed by atoms with Crippen LogP contribution in [0.5, 0.6) is 0 Å². The quantitative estimate of drug-likeness (QED) is 0.647. The summed E-state index contributed by atoms with van der Waals surface area (Å²) < 4.78 is 3.58. The number of rotatable bonds is 6. The Labute approximate surface area is 156 Å². The van der Waals surface area contributed by atoms with E-state index in [1.807, 2.05) is 37.0 Å². The Balaban J connectivity index is 1.44. The average molecular weight is 366 g/mol. The Morgan fingerprint density at radius 3 is 2.67 bits per heavy atom. The summed E-state index contributed by atoms with van der Waals surface area (Å²) >= 11 is 0. The summed E-state index contributed by atoms with van der Waals surface area (Å²) in [7, 11) is 3.74. The van der Waals surface area contributed by atoms with Crippen molar-refractivity contribution in [1.82, 2.24) is 34.8 Å². The molecule has 0 radical (unpaired) electrons. The van der Waals surface area contributed by atoms with Gasteiger partial charge in [0.1, 0.15) is 0 Å². The van der Waals surface area contributed by atoms with Crippen molar-refractivity contribution in [3.05, 3.63) is 48.4 Å². The fourth-order valence-electron chi connectivity index (χ4n) is 3.09. The summed E-state index contributed by atoms with van der Waals surface area (Å²) in [4.78, 5) is 16.6. The Morgan fingerprint density at radius 1 is 1.30 bits per heavy atom. The second-order valence-corrected chi connectivity index (χ2v) is 7.08. The number of imidazole rings is 1. The minimum atomic E-state index is -0.638. The Morgan fingerprint density at radius 2 is 2.11 bits per heavy atom. The first kappa shape index (κ1) is 17.3. The van der Waals surface area contributed by atoms with Crippen molar-refractivity contribution < 1.29 is 4.79 Å². The van der Waals surface area contributed by atoms with Gasteiger partial charge in [0.2, 0.25) is 5.91 Å². The first-order valence-electron chi connectivity index (χ1n) is 8.83. The molecule has 1 saturated carbocycles. The highest BCUT2D eigenvalue weighted by atomic mass is 16.2. The summed E-state index contributed by atoms with van der Waals surface area (Å²) in [6, 6.07) is 3.18. The molecule has 27 heavy (non-hydrogen) atoms. The van der Waals surface area contributed by atoms with Crippen molar-refractivity contribution in [3.8, 4) is 11.3 Å². The third-order valence-electron chi connectivity index (χ3n) is 4.95. The molecule has 0 aliphatic heterocycles. The number of nitrogens with zero attached hydrogens (tertiary/aromatic N) is 6. The van der Waals surface area contributed by atoms with Crippen LogP contribution in [0.1, 0.15) is 24.2 Å². The number of nitrogens with two attached hydrogens (primary N) is 1. The molecule has 9 nitrogen and oxygen atoms in total. The molecular weight excluding hydrogens is 344 g/mol. The van der Waals surface area contributed by atoms with Crippen LogP contribution in [0.25, 0.3) is 11.3 Å². The third-order valence-corrected chi connectivity index (χ3v) is 4.95. The van der Waals surface area contributed by atoms with Crippen molar-refractivity contribution in [2.24, 2.45) is 19.8 Å². The number of aromatic nitrogens is 6. The summed E-state index contributed by atoms with van der Waals surface area (Å²) in [6.07, 6.45) is 9.15. The zero-order chi connectivity index (χ0) is 19.0. The van der Waals surface area contributed by atoms with Crippen LogP contribution in [0.15, 0.2) is 37.1 Å². The number of hydrogen-bond donors (Lipinski definition) is 2. The lowest BCUT2D eigenvalue weighted by atomic mass is 10.1. The molecule has 1 aliphatic carbocycles. The van der Waals surface area contributed by atoms with Gasteiger partial charge in [-0.05, 0) is 25.0 Å². The van der Waals surface area contributed by atoms with Crippen LogP contribution in [0, 0.1) is 0 Å². The first-order valence-corrected chi connectivity index (χ1v) is 8.83. The molecule has 4 rings (SSSR count). The minimum Gasteiger partial charge on any atom is -0.344 e. The molecule has 3 aromatic rings. The SMILES string of the molecule is Cn1cc(-c2ccc(C3(NC(=O)[C@@H](N)Cc4cncn4C)CC3)nn2)cn1. The van der Waals surface area contributed by atoms with Gasteiger partial charge < -0.3 is 15.6 Å². The van der Waals surface area contributed by atoms with Crippen LogP contribution in [0.3, 0.4) is 0 Å². The molecule has 0 aromatic carbocycles. The van der Waals surface area contributed by atoms with E-state index in [4.69, 9.17) is 5.73 Å². The second kappa shape index (κ2) is 6.58. The number of carbonyl (C=O) groups is 1. The van der Waals surface area contributed by atoms with E-state index in [1.165, 1.54) is 0 Å². The molecular formula is C18H22N8O. The summed E-state index contributed by atoms with van der Waals surface area (Å²) in [5.74, 6) is -0.188. The van der Waals surface area contributed by atoms with Crippen LogP contribution in [0.4, 0.5) is 0 Å². The van der Waals surface area contributed by atoms with Crippen LogP contribution in [-0.4, -0.2) is 41.5 Å². The summed E-state index contributed by atoms with van der Waals surface area (Å²) in [5, 5.41) is 15.8. The molecule has 140 valence electrons. The zero-order valence-corrected chi connectivity index (χ0v) is 15.3. The first-order chi connectivity index (χ1) is 13.0. The van der Waals surface area contributed by atoms with E-state index in [-0.39, 0.29) is 5.91 Å². The number of carbonyl (C=O) groups excluding carboxylic acids is 1. The van der Waals surface area contributed by atoms with E-state index in [9.17, 15) is 4.79 Å². The van der Waals surface area contributed by atoms with Gasteiger partial charge in [0.05, 0.1) is 35.5 Å². The van der Waals surface area contributed by atoms with Crippen LogP contribution in [0.2, 0.25) is 0 Å². The minimum absolute atomic E-state index is 0.188. The van der Waals surface area contributed by atoms with Crippen LogP contribution >= 0.6 is 0 Å². The number of hydrogen-bond acceptors (Lipinski definition) is 6. The van der Waals surface area contributed by atoms with Gasteiger partial charge in [0, 0.05) is 44.2 Å². The lowest BCUT2D eigenvalue weighted by Gasteiger charge is -2.19. The van der Waals surface area contributed by atoms with Gasteiger partial charge in [0.15, 0.2) is 0 Å². The molecule has 1 aliphatic rings. The van der Waals surface area contributed by atoms with Crippen molar-refractivity contribution in [2.45, 2.75) is 30.8 Å². The van der Waals surface area contributed by atoms with Gasteiger partial charge >= 0.3 is 0 Å². The van der Waals surface area contributed by atoms with Gasteiger partial charge in [-0.3, -0.25) is 9.48 Å². The topological polar surface area (TPSA) is 117 Å². The molecule has 0 saturated heterocycles. The molecule has 0 bridgehead atoms. The van der Waals surface area contributed by atoms with Gasteiger partial charge in [-0.15, -0.1) is 0 Å². The largest absolute Gasteiger partial charge is 0.344 e.